The molecule has 0 fully saturated rings. The third-order valence-corrected chi connectivity index (χ3v) is 4.05. The van der Waals surface area contributed by atoms with Gasteiger partial charge in [0.05, 0.1) is 14.2 Å². The van der Waals surface area contributed by atoms with Crippen molar-refractivity contribution < 1.29 is 18.7 Å². The van der Waals surface area contributed by atoms with Gasteiger partial charge in [0.1, 0.15) is 0 Å². The number of ether oxygens (including phenoxy) is 2. The first-order chi connectivity index (χ1) is 13.1. The van der Waals surface area contributed by atoms with Crippen LogP contribution in [0.1, 0.15) is 5.56 Å². The Morgan fingerprint density at radius 3 is 2.67 bits per heavy atom. The first kappa shape index (κ1) is 18.7. The van der Waals surface area contributed by atoms with Crippen molar-refractivity contribution in [3.8, 4) is 23.0 Å². The molecule has 1 heterocycles. The van der Waals surface area contributed by atoms with Crippen LogP contribution < -0.4 is 14.8 Å². The van der Waals surface area contributed by atoms with E-state index in [0.717, 1.165) is 15.6 Å². The van der Waals surface area contributed by atoms with Crippen LogP contribution in [-0.2, 0) is 4.79 Å². The van der Waals surface area contributed by atoms with Crippen LogP contribution in [0.4, 0.5) is 6.01 Å². The van der Waals surface area contributed by atoms with Crippen molar-refractivity contribution in [2.24, 2.45) is 0 Å². The minimum absolute atomic E-state index is 0.0203. The highest BCUT2D eigenvalue weighted by molar-refractivity contribution is 9.10. The molecule has 0 spiro atoms. The molecular formula is C19H16BrN3O4. The average molecular weight is 430 g/mol. The van der Waals surface area contributed by atoms with Gasteiger partial charge >= 0.3 is 6.01 Å². The number of hydrogen-bond donors (Lipinski definition) is 1. The lowest BCUT2D eigenvalue weighted by molar-refractivity contribution is -0.112. The lowest BCUT2D eigenvalue weighted by Gasteiger charge is -2.07. The van der Waals surface area contributed by atoms with Crippen molar-refractivity contribution in [1.29, 1.82) is 0 Å². The van der Waals surface area contributed by atoms with Crippen molar-refractivity contribution in [2.75, 3.05) is 19.5 Å². The van der Waals surface area contributed by atoms with Crippen LogP contribution >= 0.6 is 15.9 Å². The summed E-state index contributed by atoms with van der Waals surface area (Å²) in [5.74, 6) is 1.12. The summed E-state index contributed by atoms with van der Waals surface area (Å²) < 4.78 is 16.8. The van der Waals surface area contributed by atoms with E-state index in [1.807, 2.05) is 30.3 Å². The molecule has 0 aliphatic carbocycles. The van der Waals surface area contributed by atoms with Crippen LogP contribution in [0.5, 0.6) is 11.5 Å². The Hall–Kier alpha value is -3.13. The lowest BCUT2D eigenvalue weighted by atomic mass is 10.2. The SMILES string of the molecule is COc1ccc(C=CC(=O)Nc2nnc(-c3cccc(Br)c3)o2)cc1OC. The molecule has 0 atom stereocenters. The molecule has 1 aromatic heterocycles. The van der Waals surface area contributed by atoms with Gasteiger partial charge in [0.25, 0.3) is 5.91 Å². The summed E-state index contributed by atoms with van der Waals surface area (Å²) in [6.07, 6.45) is 3.01. The summed E-state index contributed by atoms with van der Waals surface area (Å²) in [7, 11) is 3.12. The van der Waals surface area contributed by atoms with Gasteiger partial charge < -0.3 is 13.9 Å². The zero-order valence-corrected chi connectivity index (χ0v) is 16.2. The van der Waals surface area contributed by atoms with Gasteiger partial charge in [-0.15, -0.1) is 5.10 Å². The van der Waals surface area contributed by atoms with Gasteiger partial charge in [0.2, 0.25) is 5.89 Å². The monoisotopic (exact) mass is 429 g/mol. The maximum atomic E-state index is 12.1. The number of nitrogens with one attached hydrogen (secondary N) is 1. The molecule has 27 heavy (non-hydrogen) atoms. The molecule has 1 amide bonds. The Labute approximate surface area is 164 Å². The molecular weight excluding hydrogens is 414 g/mol. The standard InChI is InChI=1S/C19H16BrN3O4/c1-25-15-8-6-12(10-16(15)26-2)7-9-17(24)21-19-23-22-18(27-19)13-4-3-5-14(20)11-13/h3-11H,1-2H3,(H,21,23,24). The van der Waals surface area contributed by atoms with Crippen molar-refractivity contribution >= 4 is 33.9 Å². The number of hydrogen-bond acceptors (Lipinski definition) is 6. The van der Waals surface area contributed by atoms with E-state index >= 15 is 0 Å². The summed E-state index contributed by atoms with van der Waals surface area (Å²) in [6, 6.07) is 12.8. The van der Waals surface area contributed by atoms with Gasteiger partial charge in [-0.25, -0.2) is 0 Å². The number of nitrogens with zero attached hydrogens (tertiary/aromatic N) is 2. The third kappa shape index (κ3) is 4.73. The van der Waals surface area contributed by atoms with Crippen LogP contribution in [0, 0.1) is 0 Å². The van der Waals surface area contributed by atoms with Crippen LogP contribution in [0.15, 0.2) is 57.4 Å². The summed E-state index contributed by atoms with van der Waals surface area (Å²) in [6.45, 7) is 0. The maximum Gasteiger partial charge on any atom is 0.322 e. The van der Waals surface area contributed by atoms with E-state index in [-0.39, 0.29) is 6.01 Å². The Bertz CT molecular complexity index is 985. The first-order valence-electron chi connectivity index (χ1n) is 7.89. The zero-order chi connectivity index (χ0) is 19.2. The predicted octanol–water partition coefficient (Wildman–Crippen LogP) is 4.17. The van der Waals surface area contributed by atoms with Crippen LogP contribution in [-0.4, -0.2) is 30.3 Å². The van der Waals surface area contributed by atoms with E-state index in [1.54, 1.807) is 32.4 Å². The molecule has 3 rings (SSSR count). The van der Waals surface area contributed by atoms with E-state index in [2.05, 4.69) is 31.4 Å². The van der Waals surface area contributed by atoms with Gasteiger partial charge in [-0.1, -0.05) is 33.2 Å². The predicted molar refractivity (Wildman–Crippen MR) is 105 cm³/mol. The largest absolute Gasteiger partial charge is 0.493 e. The first-order valence-corrected chi connectivity index (χ1v) is 8.69. The number of carbonyl (C=O) groups is 1. The summed E-state index contributed by atoms with van der Waals surface area (Å²) in [5, 5.41) is 10.3. The Morgan fingerprint density at radius 2 is 1.93 bits per heavy atom. The van der Waals surface area contributed by atoms with E-state index in [1.165, 1.54) is 6.08 Å². The van der Waals surface area contributed by atoms with Gasteiger partial charge in [0, 0.05) is 16.1 Å². The summed E-state index contributed by atoms with van der Waals surface area (Å²) in [4.78, 5) is 12.1. The number of rotatable bonds is 6. The molecule has 1 N–H and O–H groups in total. The van der Waals surface area contributed by atoms with Gasteiger partial charge in [-0.3, -0.25) is 10.1 Å². The van der Waals surface area contributed by atoms with Gasteiger partial charge in [0.15, 0.2) is 11.5 Å². The fourth-order valence-corrected chi connectivity index (χ4v) is 2.69. The molecule has 0 aliphatic heterocycles. The highest BCUT2D eigenvalue weighted by atomic mass is 79.9. The number of benzene rings is 2. The van der Waals surface area contributed by atoms with Gasteiger partial charge in [-0.2, -0.15) is 0 Å². The number of amides is 1. The normalized spacial score (nSPS) is 10.8. The zero-order valence-electron chi connectivity index (χ0n) is 14.6. The number of halogens is 1. The topological polar surface area (TPSA) is 86.5 Å². The quantitative estimate of drug-likeness (QED) is 0.591. The van der Waals surface area contributed by atoms with Crippen LogP contribution in [0.3, 0.4) is 0 Å². The molecule has 0 unspecified atom stereocenters. The maximum absolute atomic E-state index is 12.1. The van der Waals surface area contributed by atoms with E-state index in [4.69, 9.17) is 13.9 Å². The summed E-state index contributed by atoms with van der Waals surface area (Å²) >= 11 is 3.38. The molecule has 8 heteroatoms. The number of carbonyl (C=O) groups excluding carboxylic acids is 1. The second-order valence-corrected chi connectivity index (χ2v) is 6.28. The molecule has 3 aromatic rings. The third-order valence-electron chi connectivity index (χ3n) is 3.56. The smallest absolute Gasteiger partial charge is 0.322 e. The van der Waals surface area contributed by atoms with E-state index in [9.17, 15) is 4.79 Å². The molecule has 0 bridgehead atoms. The van der Waals surface area contributed by atoms with Crippen LogP contribution in [0.2, 0.25) is 0 Å². The fourth-order valence-electron chi connectivity index (χ4n) is 2.29. The summed E-state index contributed by atoms with van der Waals surface area (Å²) in [5.41, 5.74) is 1.53. The molecule has 7 nitrogen and oxygen atoms in total. The van der Waals surface area contributed by atoms with Crippen LogP contribution in [0.25, 0.3) is 17.5 Å². The molecule has 0 saturated heterocycles. The van der Waals surface area contributed by atoms with E-state index in [0.29, 0.717) is 17.4 Å². The Morgan fingerprint density at radius 1 is 1.11 bits per heavy atom. The molecule has 0 radical (unpaired) electrons. The van der Waals surface area contributed by atoms with Crippen molar-refractivity contribution in [2.45, 2.75) is 0 Å². The van der Waals surface area contributed by atoms with Crippen molar-refractivity contribution in [3.63, 3.8) is 0 Å². The fraction of sp³-hybridized carbons (Fsp3) is 0.105. The minimum atomic E-state index is -0.394. The Kier molecular flexibility index (Phi) is 5.87. The number of anilines is 1. The molecule has 138 valence electrons. The van der Waals surface area contributed by atoms with Crippen molar-refractivity contribution in [3.05, 3.63) is 58.6 Å². The average Bonchev–Trinajstić information content (AvgIpc) is 3.14. The number of aromatic nitrogens is 2. The van der Waals surface area contributed by atoms with Gasteiger partial charge in [-0.05, 0) is 42.0 Å². The Balaban J connectivity index is 1.67. The molecule has 2 aromatic carbocycles. The minimum Gasteiger partial charge on any atom is -0.493 e. The molecule has 0 saturated carbocycles. The second kappa shape index (κ2) is 8.50. The number of methoxy groups -OCH3 is 2. The lowest BCUT2D eigenvalue weighted by Crippen LogP contribution is -2.07. The molecule has 0 aliphatic rings. The van der Waals surface area contributed by atoms with E-state index < -0.39 is 5.91 Å². The highest BCUT2D eigenvalue weighted by Crippen LogP contribution is 2.28. The van der Waals surface area contributed by atoms with Crippen molar-refractivity contribution in [1.82, 2.24) is 10.2 Å². The highest BCUT2D eigenvalue weighted by Gasteiger charge is 2.10. The second-order valence-electron chi connectivity index (χ2n) is 5.36.